The lowest BCUT2D eigenvalue weighted by molar-refractivity contribution is -0.385. The maximum absolute atomic E-state index is 12.5. The number of imide groups is 1. The van der Waals surface area contributed by atoms with Gasteiger partial charge in [0.15, 0.2) is 5.13 Å². The zero-order valence-electron chi connectivity index (χ0n) is 14.5. The average molecular weight is 396 g/mol. The quantitative estimate of drug-likeness (QED) is 0.411. The molecular weight excluding hydrogens is 384 g/mol. The number of amides is 3. The first-order chi connectivity index (χ1) is 13.3. The van der Waals surface area contributed by atoms with Gasteiger partial charge in [-0.2, -0.15) is 0 Å². The van der Waals surface area contributed by atoms with E-state index in [2.05, 4.69) is 10.3 Å². The number of fused-ring (bicyclic) bond motifs is 2. The first-order valence-corrected chi connectivity index (χ1v) is 8.97. The van der Waals surface area contributed by atoms with Crippen molar-refractivity contribution in [2.75, 3.05) is 11.9 Å². The summed E-state index contributed by atoms with van der Waals surface area (Å²) in [6, 6.07) is 9.48. The van der Waals surface area contributed by atoms with E-state index in [1.807, 2.05) is 25.1 Å². The van der Waals surface area contributed by atoms with Gasteiger partial charge in [-0.25, -0.2) is 4.98 Å². The monoisotopic (exact) mass is 396 g/mol. The van der Waals surface area contributed by atoms with Crippen molar-refractivity contribution >= 4 is 50.1 Å². The standard InChI is InChI=1S/C18H12N4O5S/c1-9-5-6-11-13(7-9)28-18(19-11)20-14(23)8-21-16(24)10-3-2-4-12(22(26)27)15(10)17(21)25/h2-7H,8H2,1H3,(H,19,20,23). The summed E-state index contributed by atoms with van der Waals surface area (Å²) in [6.07, 6.45) is 0. The Kier molecular flexibility index (Phi) is 4.12. The number of nitro benzene ring substituents is 1. The van der Waals surface area contributed by atoms with Crippen LogP contribution < -0.4 is 5.32 Å². The highest BCUT2D eigenvalue weighted by Gasteiger charge is 2.41. The fourth-order valence-electron chi connectivity index (χ4n) is 3.00. The predicted octanol–water partition coefficient (Wildman–Crippen LogP) is 2.75. The molecule has 0 fully saturated rings. The van der Waals surface area contributed by atoms with Crippen LogP contribution in [0.4, 0.5) is 10.8 Å². The molecule has 0 radical (unpaired) electrons. The molecule has 1 aromatic heterocycles. The second kappa shape index (κ2) is 6.50. The zero-order valence-corrected chi connectivity index (χ0v) is 15.3. The van der Waals surface area contributed by atoms with Crippen LogP contribution in [0.2, 0.25) is 0 Å². The molecule has 0 aliphatic carbocycles. The lowest BCUT2D eigenvalue weighted by atomic mass is 10.1. The molecule has 3 aromatic rings. The molecule has 0 unspecified atom stereocenters. The Morgan fingerprint density at radius 3 is 2.79 bits per heavy atom. The minimum absolute atomic E-state index is 0.0811. The summed E-state index contributed by atoms with van der Waals surface area (Å²) in [5.74, 6) is -2.21. The highest BCUT2D eigenvalue weighted by atomic mass is 32.1. The highest BCUT2D eigenvalue weighted by Crippen LogP contribution is 2.31. The van der Waals surface area contributed by atoms with E-state index in [1.54, 1.807) is 0 Å². The summed E-state index contributed by atoms with van der Waals surface area (Å²) in [5.41, 5.74) is 0.951. The Bertz CT molecular complexity index is 1190. The third kappa shape index (κ3) is 2.89. The van der Waals surface area contributed by atoms with E-state index in [0.717, 1.165) is 21.8 Å². The van der Waals surface area contributed by atoms with Gasteiger partial charge in [0.05, 0.1) is 20.7 Å². The van der Waals surface area contributed by atoms with Crippen LogP contribution in [-0.2, 0) is 4.79 Å². The van der Waals surface area contributed by atoms with Crippen molar-refractivity contribution in [2.45, 2.75) is 6.92 Å². The lowest BCUT2D eigenvalue weighted by Gasteiger charge is -2.12. The number of nitrogens with one attached hydrogen (secondary N) is 1. The number of carbonyl (C=O) groups is 3. The van der Waals surface area contributed by atoms with Crippen LogP contribution in [0.5, 0.6) is 0 Å². The third-order valence-corrected chi connectivity index (χ3v) is 5.20. The van der Waals surface area contributed by atoms with E-state index in [4.69, 9.17) is 0 Å². The van der Waals surface area contributed by atoms with E-state index in [9.17, 15) is 24.5 Å². The summed E-state index contributed by atoms with van der Waals surface area (Å²) >= 11 is 1.27. The van der Waals surface area contributed by atoms with Crippen molar-refractivity contribution in [1.29, 1.82) is 0 Å². The van der Waals surface area contributed by atoms with Crippen molar-refractivity contribution in [1.82, 2.24) is 9.88 Å². The van der Waals surface area contributed by atoms with Crippen LogP contribution >= 0.6 is 11.3 Å². The maximum atomic E-state index is 12.5. The van der Waals surface area contributed by atoms with E-state index < -0.39 is 34.9 Å². The van der Waals surface area contributed by atoms with Gasteiger partial charge in [-0.3, -0.25) is 29.4 Å². The molecule has 9 nitrogen and oxygen atoms in total. The molecule has 4 rings (SSSR count). The molecule has 28 heavy (non-hydrogen) atoms. The number of aryl methyl sites for hydroxylation is 1. The molecule has 0 saturated carbocycles. The average Bonchev–Trinajstić information content (AvgIpc) is 3.14. The molecule has 1 N–H and O–H groups in total. The van der Waals surface area contributed by atoms with Crippen molar-refractivity contribution < 1.29 is 19.3 Å². The number of anilines is 1. The predicted molar refractivity (Wildman–Crippen MR) is 101 cm³/mol. The Morgan fingerprint density at radius 1 is 1.25 bits per heavy atom. The number of thiazole rings is 1. The summed E-state index contributed by atoms with van der Waals surface area (Å²) in [6.45, 7) is 1.39. The van der Waals surface area contributed by atoms with E-state index >= 15 is 0 Å². The Balaban J connectivity index is 1.54. The molecule has 0 saturated heterocycles. The van der Waals surface area contributed by atoms with Crippen molar-refractivity contribution in [3.05, 3.63) is 63.2 Å². The minimum Gasteiger partial charge on any atom is -0.300 e. The molecule has 2 aromatic carbocycles. The lowest BCUT2D eigenvalue weighted by Crippen LogP contribution is -2.37. The number of nitrogens with zero attached hydrogens (tertiary/aromatic N) is 3. The number of benzene rings is 2. The van der Waals surface area contributed by atoms with Crippen LogP contribution in [0.15, 0.2) is 36.4 Å². The molecule has 0 bridgehead atoms. The largest absolute Gasteiger partial charge is 0.300 e. The van der Waals surface area contributed by atoms with Crippen LogP contribution in [0.25, 0.3) is 10.2 Å². The van der Waals surface area contributed by atoms with Crippen molar-refractivity contribution in [3.8, 4) is 0 Å². The van der Waals surface area contributed by atoms with Gasteiger partial charge in [-0.05, 0) is 30.7 Å². The topological polar surface area (TPSA) is 123 Å². The van der Waals surface area contributed by atoms with Gasteiger partial charge in [0.25, 0.3) is 17.5 Å². The summed E-state index contributed by atoms with van der Waals surface area (Å²) in [7, 11) is 0. The number of rotatable bonds is 4. The molecule has 140 valence electrons. The van der Waals surface area contributed by atoms with Gasteiger partial charge in [-0.15, -0.1) is 0 Å². The second-order valence-corrected chi connectivity index (χ2v) is 7.22. The molecule has 0 spiro atoms. The number of carbonyl (C=O) groups excluding carboxylic acids is 3. The summed E-state index contributed by atoms with van der Waals surface area (Å²) < 4.78 is 0.895. The normalized spacial score (nSPS) is 13.1. The van der Waals surface area contributed by atoms with Gasteiger partial charge >= 0.3 is 0 Å². The molecule has 1 aliphatic heterocycles. The van der Waals surface area contributed by atoms with Crippen LogP contribution in [0.3, 0.4) is 0 Å². The summed E-state index contributed by atoms with van der Waals surface area (Å²) in [4.78, 5) is 52.7. The first-order valence-electron chi connectivity index (χ1n) is 8.16. The van der Waals surface area contributed by atoms with Crippen LogP contribution in [-0.4, -0.2) is 39.1 Å². The third-order valence-electron chi connectivity index (χ3n) is 4.27. The Morgan fingerprint density at radius 2 is 2.04 bits per heavy atom. The Hall–Kier alpha value is -3.66. The van der Waals surface area contributed by atoms with E-state index in [1.165, 1.54) is 23.5 Å². The van der Waals surface area contributed by atoms with Gasteiger partial charge in [0, 0.05) is 6.07 Å². The van der Waals surface area contributed by atoms with E-state index in [0.29, 0.717) is 10.0 Å². The maximum Gasteiger partial charge on any atom is 0.282 e. The molecule has 2 heterocycles. The molecule has 1 aliphatic rings. The fraction of sp³-hybridized carbons (Fsp3) is 0.111. The minimum atomic E-state index is -0.859. The van der Waals surface area contributed by atoms with Crippen LogP contribution in [0.1, 0.15) is 26.3 Å². The number of hydrogen-bond donors (Lipinski definition) is 1. The smallest absolute Gasteiger partial charge is 0.282 e. The molecule has 10 heteroatoms. The molecule has 3 amide bonds. The zero-order chi connectivity index (χ0) is 20.0. The van der Waals surface area contributed by atoms with E-state index in [-0.39, 0.29) is 11.1 Å². The van der Waals surface area contributed by atoms with Crippen LogP contribution in [0, 0.1) is 17.0 Å². The first kappa shape index (κ1) is 17.7. The van der Waals surface area contributed by atoms with Crippen molar-refractivity contribution in [3.63, 3.8) is 0 Å². The highest BCUT2D eigenvalue weighted by molar-refractivity contribution is 7.22. The van der Waals surface area contributed by atoms with Gasteiger partial charge in [-0.1, -0.05) is 23.5 Å². The van der Waals surface area contributed by atoms with Gasteiger partial charge in [0.2, 0.25) is 5.91 Å². The molecule has 0 atom stereocenters. The fourth-order valence-corrected chi connectivity index (χ4v) is 3.98. The van der Waals surface area contributed by atoms with Gasteiger partial charge in [0.1, 0.15) is 12.1 Å². The van der Waals surface area contributed by atoms with Gasteiger partial charge < -0.3 is 5.32 Å². The number of hydrogen-bond acceptors (Lipinski definition) is 7. The Labute approximate surface area is 161 Å². The summed E-state index contributed by atoms with van der Waals surface area (Å²) in [5, 5.41) is 14.0. The number of aromatic nitrogens is 1. The SMILES string of the molecule is Cc1ccc2nc(NC(=O)CN3C(=O)c4cccc([N+](=O)[O-])c4C3=O)sc2c1. The second-order valence-electron chi connectivity index (χ2n) is 6.19. The number of nitro groups is 1. The molecular formula is C18H12N4O5S. The van der Waals surface area contributed by atoms with Crippen molar-refractivity contribution in [2.24, 2.45) is 0 Å².